The maximum Gasteiger partial charge on any atom is 0.508 e. The van der Waals surface area contributed by atoms with Crippen LogP contribution in [0.3, 0.4) is 0 Å². The van der Waals surface area contributed by atoms with Crippen LogP contribution in [0.15, 0.2) is 42.5 Å². The third kappa shape index (κ3) is 15.5. The van der Waals surface area contributed by atoms with Crippen molar-refractivity contribution in [2.75, 3.05) is 26.2 Å². The third-order valence-electron chi connectivity index (χ3n) is 5.74. The topological polar surface area (TPSA) is 65.1 Å². The molecule has 1 aromatic rings. The van der Waals surface area contributed by atoms with Gasteiger partial charge in [-0.15, -0.1) is 0 Å². The van der Waals surface area contributed by atoms with E-state index in [4.69, 9.17) is 14.2 Å². The van der Waals surface area contributed by atoms with Crippen molar-refractivity contribution >= 4 is 12.1 Å². The first-order valence-corrected chi connectivity index (χ1v) is 13.0. The monoisotopic (exact) mass is 475 g/mol. The van der Waals surface area contributed by atoms with Crippen molar-refractivity contribution in [2.45, 2.75) is 91.3 Å². The molecule has 0 aromatic heterocycles. The van der Waals surface area contributed by atoms with Gasteiger partial charge in [-0.1, -0.05) is 83.2 Å². The van der Waals surface area contributed by atoms with E-state index >= 15 is 0 Å². The number of benzene rings is 1. The Morgan fingerprint density at radius 2 is 1.59 bits per heavy atom. The van der Waals surface area contributed by atoms with Gasteiger partial charge in [0.15, 0.2) is 0 Å². The molecule has 0 fully saturated rings. The molecule has 0 saturated carbocycles. The molecule has 0 spiro atoms. The fourth-order valence-corrected chi connectivity index (χ4v) is 3.57. The number of carbonyl (C=O) groups excluding carboxylic acids is 2. The molecule has 0 aliphatic heterocycles. The van der Waals surface area contributed by atoms with E-state index in [2.05, 4.69) is 25.7 Å². The first-order chi connectivity index (χ1) is 16.6. The van der Waals surface area contributed by atoms with Gasteiger partial charge in [0.05, 0.1) is 6.61 Å². The highest BCUT2D eigenvalue weighted by Crippen LogP contribution is 2.13. The number of carbonyl (C=O) groups is 2. The van der Waals surface area contributed by atoms with Gasteiger partial charge in [-0.25, -0.2) is 9.59 Å². The molecule has 1 rings (SSSR count). The van der Waals surface area contributed by atoms with Crippen LogP contribution in [0, 0.1) is 0 Å². The highest BCUT2D eigenvalue weighted by molar-refractivity contribution is 5.82. The summed E-state index contributed by atoms with van der Waals surface area (Å²) in [4.78, 5) is 26.6. The number of nitrogens with zero attached hydrogens (tertiary/aromatic N) is 1. The van der Waals surface area contributed by atoms with Gasteiger partial charge in [0, 0.05) is 6.08 Å². The normalized spacial score (nSPS) is 12.1. The van der Waals surface area contributed by atoms with Crippen molar-refractivity contribution in [3.63, 3.8) is 0 Å². The fraction of sp³-hybridized carbons (Fsp3) is 0.643. The average molecular weight is 476 g/mol. The summed E-state index contributed by atoms with van der Waals surface area (Å²) in [6, 6.07) is 9.52. The van der Waals surface area contributed by atoms with Crippen molar-refractivity contribution in [3.05, 3.63) is 48.0 Å². The Balaban J connectivity index is 2.44. The maximum absolute atomic E-state index is 12.2. The molecule has 0 radical (unpaired) electrons. The quantitative estimate of drug-likeness (QED) is 0.126. The summed E-state index contributed by atoms with van der Waals surface area (Å²) in [7, 11) is 0. The zero-order chi connectivity index (χ0) is 24.9. The second-order valence-corrected chi connectivity index (χ2v) is 8.50. The number of hydrogen-bond acceptors (Lipinski definition) is 6. The summed E-state index contributed by atoms with van der Waals surface area (Å²) < 4.78 is 16.0. The molecule has 1 unspecified atom stereocenters. The van der Waals surface area contributed by atoms with E-state index in [1.807, 2.05) is 30.3 Å². The van der Waals surface area contributed by atoms with E-state index in [0.29, 0.717) is 13.0 Å². The molecule has 0 bridgehead atoms. The number of unbranched alkanes of at least 4 members (excludes halogenated alkanes) is 6. The van der Waals surface area contributed by atoms with Crippen LogP contribution < -0.4 is 0 Å². The molecule has 6 nitrogen and oxygen atoms in total. The minimum Gasteiger partial charge on any atom is -0.458 e. The smallest absolute Gasteiger partial charge is 0.458 e. The van der Waals surface area contributed by atoms with Crippen molar-refractivity contribution in [1.29, 1.82) is 0 Å². The maximum atomic E-state index is 12.2. The zero-order valence-electron chi connectivity index (χ0n) is 21.5. The van der Waals surface area contributed by atoms with Gasteiger partial charge < -0.3 is 19.1 Å². The molecular weight excluding hydrogens is 430 g/mol. The van der Waals surface area contributed by atoms with Crippen molar-refractivity contribution in [3.8, 4) is 0 Å². The number of rotatable bonds is 19. The zero-order valence-corrected chi connectivity index (χ0v) is 21.5. The number of hydrogen-bond donors (Lipinski definition) is 0. The Morgan fingerprint density at radius 1 is 0.882 bits per heavy atom. The molecule has 1 aromatic carbocycles. The van der Waals surface area contributed by atoms with Crippen LogP contribution in [0.2, 0.25) is 0 Å². The minimum atomic E-state index is -0.680. The lowest BCUT2D eigenvalue weighted by atomic mass is 10.1. The Bertz CT molecular complexity index is 673. The first kappa shape index (κ1) is 29.7. The van der Waals surface area contributed by atoms with E-state index in [0.717, 1.165) is 50.9 Å². The predicted octanol–water partition coefficient (Wildman–Crippen LogP) is 6.68. The summed E-state index contributed by atoms with van der Waals surface area (Å²) in [5.74, 6) is -0.454. The average Bonchev–Trinajstić information content (AvgIpc) is 2.86. The first-order valence-electron chi connectivity index (χ1n) is 13.0. The van der Waals surface area contributed by atoms with Crippen LogP contribution in [0.4, 0.5) is 4.79 Å². The van der Waals surface area contributed by atoms with Gasteiger partial charge in [-0.3, -0.25) is 0 Å². The molecular formula is C28H45NO5. The van der Waals surface area contributed by atoms with E-state index in [1.54, 1.807) is 6.08 Å². The van der Waals surface area contributed by atoms with Gasteiger partial charge in [0.25, 0.3) is 0 Å². The molecule has 0 aliphatic rings. The van der Waals surface area contributed by atoms with Crippen LogP contribution in [0.1, 0.15) is 84.1 Å². The Kier molecular flexibility index (Phi) is 17.5. The third-order valence-corrected chi connectivity index (χ3v) is 5.74. The predicted molar refractivity (Wildman–Crippen MR) is 137 cm³/mol. The number of ether oxygens (including phenoxy) is 3. The van der Waals surface area contributed by atoms with E-state index in [9.17, 15) is 9.59 Å². The molecule has 0 N–H and O–H groups in total. The van der Waals surface area contributed by atoms with Crippen molar-refractivity contribution in [2.24, 2.45) is 0 Å². The molecule has 0 heterocycles. The number of esters is 1. The van der Waals surface area contributed by atoms with Crippen molar-refractivity contribution in [1.82, 2.24) is 4.90 Å². The van der Waals surface area contributed by atoms with E-state index in [1.165, 1.54) is 31.8 Å². The lowest BCUT2D eigenvalue weighted by Crippen LogP contribution is -2.24. The molecule has 192 valence electrons. The van der Waals surface area contributed by atoms with Gasteiger partial charge in [0.2, 0.25) is 0 Å². The summed E-state index contributed by atoms with van der Waals surface area (Å²) in [6.07, 6.45) is 11.1. The highest BCUT2D eigenvalue weighted by Gasteiger charge is 2.14. The van der Waals surface area contributed by atoms with Crippen LogP contribution in [-0.4, -0.2) is 49.4 Å². The largest absolute Gasteiger partial charge is 0.508 e. The van der Waals surface area contributed by atoms with Gasteiger partial charge >= 0.3 is 12.1 Å². The summed E-state index contributed by atoms with van der Waals surface area (Å²) in [6.45, 7) is 10.1. The molecule has 1 atom stereocenters. The Hall–Kier alpha value is -2.34. The Morgan fingerprint density at radius 3 is 2.29 bits per heavy atom. The second kappa shape index (κ2) is 20.1. The van der Waals surface area contributed by atoms with E-state index in [-0.39, 0.29) is 6.61 Å². The second-order valence-electron chi connectivity index (χ2n) is 8.50. The van der Waals surface area contributed by atoms with Crippen LogP contribution in [-0.2, 0) is 25.6 Å². The standard InChI is InChI=1S/C28H45NO5/c1-4-7-8-9-10-14-19-26(20-21-27(30)33-24-25-17-12-11-13-18-25)34-28(31)32-23-16-15-22-29(5-2)6-3/h11-13,17-18,20-21,26H,4-10,14-16,19,22-24H2,1-3H3. The molecule has 0 saturated heterocycles. The summed E-state index contributed by atoms with van der Waals surface area (Å²) >= 11 is 0. The highest BCUT2D eigenvalue weighted by atomic mass is 16.7. The molecule has 0 aliphatic carbocycles. The van der Waals surface area contributed by atoms with Gasteiger partial charge in [-0.05, 0) is 57.0 Å². The van der Waals surface area contributed by atoms with Crippen LogP contribution in [0.5, 0.6) is 0 Å². The Labute approximate surface area is 206 Å². The molecule has 0 amide bonds. The lowest BCUT2D eigenvalue weighted by Gasteiger charge is -2.17. The SMILES string of the molecule is CCCCCCCCC(C=CC(=O)OCc1ccccc1)OC(=O)OCCCCN(CC)CC. The summed E-state index contributed by atoms with van der Waals surface area (Å²) in [5, 5.41) is 0. The minimum absolute atomic E-state index is 0.211. The lowest BCUT2D eigenvalue weighted by molar-refractivity contribution is -0.139. The molecule has 6 heteroatoms. The van der Waals surface area contributed by atoms with Crippen LogP contribution in [0.25, 0.3) is 0 Å². The van der Waals surface area contributed by atoms with E-state index < -0.39 is 18.2 Å². The van der Waals surface area contributed by atoms with Crippen LogP contribution >= 0.6 is 0 Å². The van der Waals surface area contributed by atoms with Gasteiger partial charge in [-0.2, -0.15) is 0 Å². The van der Waals surface area contributed by atoms with Crippen molar-refractivity contribution < 1.29 is 23.8 Å². The van der Waals surface area contributed by atoms with Gasteiger partial charge in [0.1, 0.15) is 12.7 Å². The molecule has 34 heavy (non-hydrogen) atoms. The fourth-order valence-electron chi connectivity index (χ4n) is 3.57. The summed E-state index contributed by atoms with van der Waals surface area (Å²) in [5.41, 5.74) is 0.925.